The number of hydrogen-bond acceptors (Lipinski definition) is 3. The lowest BCUT2D eigenvalue weighted by molar-refractivity contribution is -0.132. The lowest BCUT2D eigenvalue weighted by Crippen LogP contribution is -2.37. The van der Waals surface area contributed by atoms with Gasteiger partial charge in [0, 0.05) is 35.2 Å². The van der Waals surface area contributed by atoms with Crippen LogP contribution in [0.25, 0.3) is 10.9 Å². The summed E-state index contributed by atoms with van der Waals surface area (Å²) in [5.41, 5.74) is 3.80. The van der Waals surface area contributed by atoms with E-state index in [2.05, 4.69) is 12.1 Å². The molecule has 33 heavy (non-hydrogen) atoms. The Bertz CT molecular complexity index is 1460. The van der Waals surface area contributed by atoms with E-state index in [4.69, 9.17) is 11.6 Å². The first-order valence-corrected chi connectivity index (χ1v) is 12.8. The van der Waals surface area contributed by atoms with Crippen molar-refractivity contribution in [2.45, 2.75) is 30.2 Å². The second-order valence-electron chi connectivity index (χ2n) is 8.36. The topological polar surface area (TPSA) is 59.4 Å². The summed E-state index contributed by atoms with van der Waals surface area (Å²) in [4.78, 5) is 15.2. The second kappa shape index (κ2) is 8.69. The number of benzene rings is 3. The van der Waals surface area contributed by atoms with Crippen molar-refractivity contribution >= 4 is 38.2 Å². The zero-order valence-corrected chi connectivity index (χ0v) is 19.5. The van der Waals surface area contributed by atoms with Crippen molar-refractivity contribution in [1.29, 1.82) is 0 Å². The van der Waals surface area contributed by atoms with E-state index in [9.17, 15) is 13.2 Å². The van der Waals surface area contributed by atoms with Gasteiger partial charge in [0.2, 0.25) is 5.91 Å². The van der Waals surface area contributed by atoms with Crippen molar-refractivity contribution in [3.05, 3.63) is 101 Å². The molecule has 3 aromatic carbocycles. The normalized spacial score (nSPS) is 13.8. The number of halogens is 1. The first kappa shape index (κ1) is 21.7. The van der Waals surface area contributed by atoms with Gasteiger partial charge >= 0.3 is 0 Å². The first-order chi connectivity index (χ1) is 15.9. The SMILES string of the molecule is O=C(Cn1cc(S(=O)(=O)Cc2cccc(Cl)c2)c2ccccc21)N1CCc2ccccc2C1. The molecule has 0 radical (unpaired) electrons. The molecular formula is C26H23ClN2O3S. The van der Waals surface area contributed by atoms with Crippen LogP contribution in [-0.2, 0) is 39.9 Å². The molecule has 0 atom stereocenters. The molecule has 168 valence electrons. The summed E-state index contributed by atoms with van der Waals surface area (Å²) in [6.45, 7) is 1.33. The Morgan fingerprint density at radius 1 is 0.939 bits per heavy atom. The summed E-state index contributed by atoms with van der Waals surface area (Å²) < 4.78 is 28.4. The highest BCUT2D eigenvalue weighted by atomic mass is 35.5. The second-order valence-corrected chi connectivity index (χ2v) is 10.8. The van der Waals surface area contributed by atoms with Crippen LogP contribution in [0.4, 0.5) is 0 Å². The number of rotatable bonds is 5. The third kappa shape index (κ3) is 4.41. The van der Waals surface area contributed by atoms with Crippen molar-refractivity contribution in [1.82, 2.24) is 9.47 Å². The van der Waals surface area contributed by atoms with Crippen molar-refractivity contribution in [3.63, 3.8) is 0 Å². The van der Waals surface area contributed by atoms with E-state index in [1.54, 1.807) is 41.1 Å². The average molecular weight is 479 g/mol. The summed E-state index contributed by atoms with van der Waals surface area (Å²) in [6, 6.07) is 22.4. The fourth-order valence-corrected chi connectivity index (χ4v) is 6.25. The molecule has 0 saturated carbocycles. The summed E-state index contributed by atoms with van der Waals surface area (Å²) in [7, 11) is -3.64. The van der Waals surface area contributed by atoms with Crippen LogP contribution < -0.4 is 0 Å². The Morgan fingerprint density at radius 3 is 2.52 bits per heavy atom. The largest absolute Gasteiger partial charge is 0.337 e. The van der Waals surface area contributed by atoms with Crippen molar-refractivity contribution in [2.24, 2.45) is 0 Å². The maximum absolute atomic E-state index is 13.3. The molecule has 0 aliphatic carbocycles. The van der Waals surface area contributed by atoms with Crippen LogP contribution >= 0.6 is 11.6 Å². The van der Waals surface area contributed by atoms with Gasteiger partial charge in [-0.05, 0) is 41.3 Å². The third-order valence-corrected chi connectivity index (χ3v) is 8.07. The highest BCUT2D eigenvalue weighted by Crippen LogP contribution is 2.29. The van der Waals surface area contributed by atoms with Gasteiger partial charge in [-0.15, -0.1) is 0 Å². The molecule has 1 aromatic heterocycles. The molecule has 0 fully saturated rings. The van der Waals surface area contributed by atoms with Gasteiger partial charge in [0.1, 0.15) is 6.54 Å². The molecule has 1 amide bonds. The van der Waals surface area contributed by atoms with Crippen molar-refractivity contribution < 1.29 is 13.2 Å². The van der Waals surface area contributed by atoms with E-state index >= 15 is 0 Å². The number of aromatic nitrogens is 1. The summed E-state index contributed by atoms with van der Waals surface area (Å²) >= 11 is 6.04. The van der Waals surface area contributed by atoms with Gasteiger partial charge in [0.15, 0.2) is 9.84 Å². The van der Waals surface area contributed by atoms with Gasteiger partial charge < -0.3 is 9.47 Å². The molecule has 0 spiro atoms. The molecule has 5 rings (SSSR count). The minimum absolute atomic E-state index is 0.0240. The Morgan fingerprint density at radius 2 is 1.70 bits per heavy atom. The van der Waals surface area contributed by atoms with E-state index in [-0.39, 0.29) is 23.1 Å². The third-order valence-electron chi connectivity index (χ3n) is 6.12. The maximum Gasteiger partial charge on any atom is 0.242 e. The zero-order valence-electron chi connectivity index (χ0n) is 17.9. The number of amides is 1. The highest BCUT2D eigenvalue weighted by Gasteiger charge is 2.25. The van der Waals surface area contributed by atoms with Crippen LogP contribution in [-0.4, -0.2) is 30.3 Å². The summed E-state index contributed by atoms with van der Waals surface area (Å²) in [5, 5.41) is 1.12. The molecule has 4 aromatic rings. The molecule has 0 saturated heterocycles. The molecule has 7 heteroatoms. The number of sulfone groups is 1. The maximum atomic E-state index is 13.3. The van der Waals surface area contributed by atoms with Crippen LogP contribution in [0.15, 0.2) is 83.9 Å². The number of fused-ring (bicyclic) bond motifs is 2. The summed E-state index contributed by atoms with van der Waals surface area (Å²) in [5.74, 6) is -0.178. The Hall–Kier alpha value is -3.09. The number of carbonyl (C=O) groups excluding carboxylic acids is 1. The summed E-state index contributed by atoms with van der Waals surface area (Å²) in [6.07, 6.45) is 2.42. The van der Waals surface area contributed by atoms with Gasteiger partial charge in [-0.2, -0.15) is 0 Å². The molecule has 1 aliphatic heterocycles. The van der Waals surface area contributed by atoms with Gasteiger partial charge in [-0.3, -0.25) is 4.79 Å². The Kier molecular flexibility index (Phi) is 5.72. The molecule has 0 bridgehead atoms. The van der Waals surface area contributed by atoms with Crippen molar-refractivity contribution in [3.8, 4) is 0 Å². The monoisotopic (exact) mass is 478 g/mol. The standard InChI is InChI=1S/C26H23ClN2O3S/c27-22-9-5-6-19(14-22)18-33(31,32)25-16-29(24-11-4-3-10-23(24)25)17-26(30)28-13-12-20-7-1-2-8-21(20)15-28/h1-11,14,16H,12-13,15,17-18H2. The van der Waals surface area contributed by atoms with Gasteiger partial charge in [0.05, 0.1) is 10.6 Å². The minimum atomic E-state index is -3.64. The molecular weight excluding hydrogens is 456 g/mol. The smallest absolute Gasteiger partial charge is 0.242 e. The highest BCUT2D eigenvalue weighted by molar-refractivity contribution is 7.90. The number of nitrogens with zero attached hydrogens (tertiary/aromatic N) is 2. The number of carbonyl (C=O) groups is 1. The van der Waals surface area contributed by atoms with Gasteiger partial charge in [-0.25, -0.2) is 8.42 Å². The van der Waals surface area contributed by atoms with Crippen molar-refractivity contribution in [2.75, 3.05) is 6.54 Å². The van der Waals surface area contributed by atoms with E-state index in [0.29, 0.717) is 29.1 Å². The van der Waals surface area contributed by atoms with Crippen LogP contribution in [0.1, 0.15) is 16.7 Å². The fraction of sp³-hybridized carbons (Fsp3) is 0.192. The van der Waals surface area contributed by atoms with E-state index in [1.165, 1.54) is 11.1 Å². The molecule has 0 N–H and O–H groups in total. The van der Waals surface area contributed by atoms with Crippen LogP contribution in [0.3, 0.4) is 0 Å². The predicted octanol–water partition coefficient (Wildman–Crippen LogP) is 4.85. The molecule has 1 aliphatic rings. The lowest BCUT2D eigenvalue weighted by atomic mass is 10.00. The zero-order chi connectivity index (χ0) is 23.0. The van der Waals surface area contributed by atoms with Crippen LogP contribution in [0.5, 0.6) is 0 Å². The van der Waals surface area contributed by atoms with Gasteiger partial charge in [-0.1, -0.05) is 66.2 Å². The fourth-order valence-electron chi connectivity index (χ4n) is 4.47. The minimum Gasteiger partial charge on any atom is -0.337 e. The van der Waals surface area contributed by atoms with E-state index in [1.807, 2.05) is 35.2 Å². The number of hydrogen-bond donors (Lipinski definition) is 0. The lowest BCUT2D eigenvalue weighted by Gasteiger charge is -2.29. The van der Waals surface area contributed by atoms with Crippen LogP contribution in [0.2, 0.25) is 5.02 Å². The Labute approximate surface area is 198 Å². The van der Waals surface area contributed by atoms with E-state index in [0.717, 1.165) is 11.9 Å². The molecule has 5 nitrogen and oxygen atoms in total. The first-order valence-electron chi connectivity index (χ1n) is 10.8. The molecule has 0 unspecified atom stereocenters. The average Bonchev–Trinajstić information content (AvgIpc) is 3.18. The molecule has 2 heterocycles. The quantitative estimate of drug-likeness (QED) is 0.412. The van der Waals surface area contributed by atoms with Crippen LogP contribution in [0, 0.1) is 0 Å². The predicted molar refractivity (Wildman–Crippen MR) is 130 cm³/mol. The van der Waals surface area contributed by atoms with E-state index < -0.39 is 9.84 Å². The van der Waals surface area contributed by atoms with Gasteiger partial charge in [0.25, 0.3) is 0 Å². The Balaban J connectivity index is 1.44. The number of para-hydroxylation sites is 1.